The minimum atomic E-state index is 0.979. The van der Waals surface area contributed by atoms with Crippen LogP contribution < -0.4 is 5.32 Å². The van der Waals surface area contributed by atoms with Crippen LogP contribution in [-0.2, 0) is 13.5 Å². The fraction of sp³-hybridized carbons (Fsp3) is 0.357. The predicted octanol–water partition coefficient (Wildman–Crippen LogP) is 2.16. The van der Waals surface area contributed by atoms with Crippen molar-refractivity contribution >= 4 is 0 Å². The zero-order valence-corrected chi connectivity index (χ0v) is 10.7. The van der Waals surface area contributed by atoms with Gasteiger partial charge in [-0.2, -0.15) is 5.10 Å². The Morgan fingerprint density at radius 1 is 1.29 bits per heavy atom. The minimum absolute atomic E-state index is 0.979. The monoisotopic (exact) mass is 229 g/mol. The quantitative estimate of drug-likeness (QED) is 0.870. The fourth-order valence-electron chi connectivity index (χ4n) is 1.98. The second-order valence-electron chi connectivity index (χ2n) is 4.31. The van der Waals surface area contributed by atoms with E-state index in [1.807, 2.05) is 18.8 Å². The van der Waals surface area contributed by atoms with Crippen molar-refractivity contribution in [1.82, 2.24) is 15.1 Å². The van der Waals surface area contributed by atoms with Crippen LogP contribution >= 0.6 is 0 Å². The molecular formula is C14H19N3. The molecule has 1 aromatic heterocycles. The molecule has 3 heteroatoms. The van der Waals surface area contributed by atoms with Gasteiger partial charge in [-0.15, -0.1) is 0 Å². The first-order chi connectivity index (χ1) is 8.22. The van der Waals surface area contributed by atoms with Gasteiger partial charge in [0, 0.05) is 31.3 Å². The molecular weight excluding hydrogens is 210 g/mol. The molecule has 0 fully saturated rings. The summed E-state index contributed by atoms with van der Waals surface area (Å²) in [5.41, 5.74) is 4.82. The summed E-state index contributed by atoms with van der Waals surface area (Å²) in [4.78, 5) is 0. The van der Waals surface area contributed by atoms with E-state index >= 15 is 0 Å². The first-order valence-corrected chi connectivity index (χ1v) is 5.96. The number of benzene rings is 1. The van der Waals surface area contributed by atoms with E-state index in [4.69, 9.17) is 0 Å². The molecule has 2 aromatic rings. The summed E-state index contributed by atoms with van der Waals surface area (Å²) >= 11 is 0. The molecule has 0 radical (unpaired) electrons. The third kappa shape index (κ3) is 2.56. The first-order valence-electron chi connectivity index (χ1n) is 5.96. The van der Waals surface area contributed by atoms with Crippen LogP contribution in [0.25, 0.3) is 11.3 Å². The van der Waals surface area contributed by atoms with Gasteiger partial charge in [-0.25, -0.2) is 0 Å². The molecule has 1 N–H and O–H groups in total. The lowest BCUT2D eigenvalue weighted by molar-refractivity contribution is 0.682. The zero-order chi connectivity index (χ0) is 12.3. The van der Waals surface area contributed by atoms with E-state index in [0.717, 1.165) is 18.7 Å². The van der Waals surface area contributed by atoms with Crippen LogP contribution in [0.2, 0.25) is 0 Å². The second-order valence-corrected chi connectivity index (χ2v) is 4.31. The summed E-state index contributed by atoms with van der Waals surface area (Å²) in [6.07, 6.45) is 1.01. The van der Waals surface area contributed by atoms with E-state index < -0.39 is 0 Å². The topological polar surface area (TPSA) is 29.9 Å². The normalized spacial score (nSPS) is 10.8. The molecule has 0 saturated heterocycles. The molecule has 0 aliphatic rings. The van der Waals surface area contributed by atoms with Crippen molar-refractivity contribution in [3.63, 3.8) is 0 Å². The van der Waals surface area contributed by atoms with E-state index in [1.165, 1.54) is 16.8 Å². The Morgan fingerprint density at radius 2 is 2.06 bits per heavy atom. The summed E-state index contributed by atoms with van der Waals surface area (Å²) in [6.45, 7) is 3.10. The molecule has 90 valence electrons. The highest BCUT2D eigenvalue weighted by molar-refractivity contribution is 5.63. The van der Waals surface area contributed by atoms with E-state index in [2.05, 4.69) is 47.7 Å². The van der Waals surface area contributed by atoms with Crippen molar-refractivity contribution in [3.05, 3.63) is 41.6 Å². The Hall–Kier alpha value is -1.61. The van der Waals surface area contributed by atoms with Gasteiger partial charge in [0.05, 0.1) is 5.69 Å². The van der Waals surface area contributed by atoms with Gasteiger partial charge in [0.1, 0.15) is 0 Å². The van der Waals surface area contributed by atoms with E-state index in [9.17, 15) is 0 Å². The lowest BCUT2D eigenvalue weighted by Crippen LogP contribution is -2.12. The molecule has 0 saturated carbocycles. The molecule has 1 heterocycles. The molecule has 2 rings (SSSR count). The summed E-state index contributed by atoms with van der Waals surface area (Å²) in [6, 6.07) is 10.5. The molecule has 3 nitrogen and oxygen atoms in total. The molecule has 17 heavy (non-hydrogen) atoms. The minimum Gasteiger partial charge on any atom is -0.319 e. The van der Waals surface area contributed by atoms with Crippen LogP contribution in [0.5, 0.6) is 0 Å². The van der Waals surface area contributed by atoms with Crippen LogP contribution in [0, 0.1) is 6.92 Å². The van der Waals surface area contributed by atoms with Gasteiger partial charge in [-0.1, -0.05) is 24.3 Å². The third-order valence-corrected chi connectivity index (χ3v) is 3.03. The van der Waals surface area contributed by atoms with Gasteiger partial charge in [0.15, 0.2) is 0 Å². The van der Waals surface area contributed by atoms with Crippen LogP contribution in [-0.4, -0.2) is 23.4 Å². The highest BCUT2D eigenvalue weighted by Crippen LogP contribution is 2.22. The first kappa shape index (κ1) is 11.9. The van der Waals surface area contributed by atoms with Crippen LogP contribution in [0.1, 0.15) is 11.3 Å². The number of hydrogen-bond donors (Lipinski definition) is 1. The van der Waals surface area contributed by atoms with Gasteiger partial charge < -0.3 is 5.32 Å². The number of aromatic nitrogens is 2. The molecule has 0 aliphatic heterocycles. The maximum Gasteiger partial charge on any atom is 0.0928 e. The van der Waals surface area contributed by atoms with Crippen LogP contribution in [0.4, 0.5) is 0 Å². The largest absolute Gasteiger partial charge is 0.319 e. The van der Waals surface area contributed by atoms with Gasteiger partial charge in [-0.3, -0.25) is 4.68 Å². The molecule has 0 amide bonds. The van der Waals surface area contributed by atoms with Crippen molar-refractivity contribution in [1.29, 1.82) is 0 Å². The Morgan fingerprint density at radius 3 is 2.76 bits per heavy atom. The Labute approximate surface area is 102 Å². The standard InChI is InChI=1S/C14H19N3/c1-11-6-4-5-7-13(11)14-10-12(8-9-15-2)17(3)16-14/h4-7,10,15H,8-9H2,1-3H3. The van der Waals surface area contributed by atoms with Gasteiger partial charge >= 0.3 is 0 Å². The second kappa shape index (κ2) is 5.15. The van der Waals surface area contributed by atoms with Crippen molar-refractivity contribution in [2.75, 3.05) is 13.6 Å². The Kier molecular flexibility index (Phi) is 3.59. The highest BCUT2D eigenvalue weighted by Gasteiger charge is 2.08. The van der Waals surface area contributed by atoms with Crippen LogP contribution in [0.15, 0.2) is 30.3 Å². The SMILES string of the molecule is CNCCc1cc(-c2ccccc2C)nn1C. The van der Waals surface area contributed by atoms with E-state index in [0.29, 0.717) is 0 Å². The molecule has 0 bridgehead atoms. The molecule has 0 atom stereocenters. The van der Waals surface area contributed by atoms with Gasteiger partial charge in [0.2, 0.25) is 0 Å². The van der Waals surface area contributed by atoms with E-state index in [-0.39, 0.29) is 0 Å². The number of aryl methyl sites for hydroxylation is 2. The number of likely N-dealkylation sites (N-methyl/N-ethyl adjacent to an activating group) is 1. The highest BCUT2D eigenvalue weighted by atomic mass is 15.3. The van der Waals surface area contributed by atoms with Crippen LogP contribution in [0.3, 0.4) is 0 Å². The predicted molar refractivity (Wildman–Crippen MR) is 71.0 cm³/mol. The molecule has 0 aliphatic carbocycles. The molecule has 0 spiro atoms. The van der Waals surface area contributed by atoms with Gasteiger partial charge in [-0.05, 0) is 25.6 Å². The van der Waals surface area contributed by atoms with Crippen molar-refractivity contribution in [3.8, 4) is 11.3 Å². The van der Waals surface area contributed by atoms with Crippen molar-refractivity contribution in [2.24, 2.45) is 7.05 Å². The third-order valence-electron chi connectivity index (χ3n) is 3.03. The maximum atomic E-state index is 4.58. The summed E-state index contributed by atoms with van der Waals surface area (Å²) in [5, 5.41) is 7.75. The van der Waals surface area contributed by atoms with Crippen molar-refractivity contribution in [2.45, 2.75) is 13.3 Å². The number of nitrogens with one attached hydrogen (secondary N) is 1. The summed E-state index contributed by atoms with van der Waals surface area (Å²) < 4.78 is 1.97. The Balaban J connectivity index is 2.31. The fourth-order valence-corrected chi connectivity index (χ4v) is 1.98. The zero-order valence-electron chi connectivity index (χ0n) is 10.7. The molecule has 0 unspecified atom stereocenters. The number of hydrogen-bond acceptors (Lipinski definition) is 2. The van der Waals surface area contributed by atoms with Crippen molar-refractivity contribution < 1.29 is 0 Å². The number of nitrogens with zero attached hydrogens (tertiary/aromatic N) is 2. The number of rotatable bonds is 4. The lowest BCUT2D eigenvalue weighted by Gasteiger charge is -2.00. The average Bonchev–Trinajstić information content (AvgIpc) is 2.68. The van der Waals surface area contributed by atoms with Gasteiger partial charge in [0.25, 0.3) is 0 Å². The Bertz CT molecular complexity index is 500. The molecule has 1 aromatic carbocycles. The average molecular weight is 229 g/mol. The lowest BCUT2D eigenvalue weighted by atomic mass is 10.1. The summed E-state index contributed by atoms with van der Waals surface area (Å²) in [7, 11) is 3.98. The maximum absolute atomic E-state index is 4.58. The summed E-state index contributed by atoms with van der Waals surface area (Å²) in [5.74, 6) is 0. The smallest absolute Gasteiger partial charge is 0.0928 e. The van der Waals surface area contributed by atoms with E-state index in [1.54, 1.807) is 0 Å².